The van der Waals surface area contributed by atoms with E-state index >= 15 is 0 Å². The number of carbonyl (C=O) groups is 3. The van der Waals surface area contributed by atoms with Gasteiger partial charge in [0.2, 0.25) is 6.79 Å². The summed E-state index contributed by atoms with van der Waals surface area (Å²) in [5.41, 5.74) is 1.33. The fourth-order valence-electron chi connectivity index (χ4n) is 4.07. The van der Waals surface area contributed by atoms with Crippen molar-refractivity contribution in [3.63, 3.8) is 0 Å². The van der Waals surface area contributed by atoms with Crippen LogP contribution in [0, 0.1) is 0 Å². The highest BCUT2D eigenvalue weighted by molar-refractivity contribution is 6.04. The summed E-state index contributed by atoms with van der Waals surface area (Å²) < 4.78 is 16.1. The molecule has 2 aromatic carbocycles. The highest BCUT2D eigenvalue weighted by Gasteiger charge is 2.47. The Kier molecular flexibility index (Phi) is 4.85. The lowest BCUT2D eigenvalue weighted by Crippen LogP contribution is -2.32. The van der Waals surface area contributed by atoms with Crippen molar-refractivity contribution in [2.75, 3.05) is 25.3 Å². The van der Waals surface area contributed by atoms with Crippen molar-refractivity contribution in [3.8, 4) is 17.2 Å². The molecule has 31 heavy (non-hydrogen) atoms. The van der Waals surface area contributed by atoms with E-state index in [9.17, 15) is 14.4 Å². The van der Waals surface area contributed by atoms with Crippen LogP contribution in [-0.2, 0) is 16.1 Å². The summed E-state index contributed by atoms with van der Waals surface area (Å²) >= 11 is 0. The molecule has 0 radical (unpaired) electrons. The van der Waals surface area contributed by atoms with Crippen LogP contribution in [0.1, 0.15) is 18.4 Å². The number of fused-ring (bicyclic) bond motifs is 2. The second kappa shape index (κ2) is 7.82. The van der Waals surface area contributed by atoms with Gasteiger partial charge in [0, 0.05) is 18.3 Å². The lowest BCUT2D eigenvalue weighted by atomic mass is 10.1. The van der Waals surface area contributed by atoms with Crippen molar-refractivity contribution in [3.05, 3.63) is 48.0 Å². The number of carbonyl (C=O) groups excluding carboxylic acids is 3. The second-order valence-electron chi connectivity index (χ2n) is 7.61. The van der Waals surface area contributed by atoms with Crippen LogP contribution in [0.3, 0.4) is 0 Å². The largest absolute Gasteiger partial charge is 0.484 e. The molecule has 0 aliphatic carbocycles. The third-order valence-electron chi connectivity index (χ3n) is 5.55. The van der Waals surface area contributed by atoms with Crippen LogP contribution in [0.4, 0.5) is 10.5 Å². The minimum Gasteiger partial charge on any atom is -0.484 e. The van der Waals surface area contributed by atoms with Crippen LogP contribution in [0.2, 0.25) is 0 Å². The van der Waals surface area contributed by atoms with Crippen molar-refractivity contribution < 1.29 is 28.6 Å². The molecule has 1 atom stereocenters. The van der Waals surface area contributed by atoms with Crippen molar-refractivity contribution in [2.24, 2.45) is 0 Å². The monoisotopic (exact) mass is 423 g/mol. The van der Waals surface area contributed by atoms with E-state index in [-0.39, 0.29) is 43.8 Å². The summed E-state index contributed by atoms with van der Waals surface area (Å²) in [7, 11) is 0. The molecule has 1 unspecified atom stereocenters. The number of anilines is 1. The van der Waals surface area contributed by atoms with Gasteiger partial charge in [-0.1, -0.05) is 12.1 Å². The van der Waals surface area contributed by atoms with Gasteiger partial charge >= 0.3 is 6.03 Å². The van der Waals surface area contributed by atoms with Gasteiger partial charge in [-0.25, -0.2) is 4.79 Å². The average molecular weight is 423 g/mol. The van der Waals surface area contributed by atoms with E-state index in [1.54, 1.807) is 41.3 Å². The van der Waals surface area contributed by atoms with Crippen molar-refractivity contribution >= 4 is 23.5 Å². The van der Waals surface area contributed by atoms with Gasteiger partial charge in [-0.3, -0.25) is 14.5 Å². The number of benzene rings is 2. The number of rotatable bonds is 6. The van der Waals surface area contributed by atoms with E-state index in [0.29, 0.717) is 29.5 Å². The summed E-state index contributed by atoms with van der Waals surface area (Å²) in [5, 5.41) is 2.77. The molecule has 0 aromatic heterocycles. The number of urea groups is 1. The van der Waals surface area contributed by atoms with Gasteiger partial charge in [0.1, 0.15) is 11.8 Å². The number of imide groups is 1. The molecule has 2 aromatic rings. The fraction of sp³-hybridized carbons (Fsp3) is 0.318. The Bertz CT molecular complexity index is 1030. The topological polar surface area (TPSA) is 97.4 Å². The number of nitrogens with one attached hydrogen (secondary N) is 1. The molecule has 5 rings (SSSR count). The van der Waals surface area contributed by atoms with Gasteiger partial charge in [-0.2, -0.15) is 0 Å². The smallest absolute Gasteiger partial charge is 0.327 e. The molecule has 0 spiro atoms. The number of hydrogen-bond acceptors (Lipinski definition) is 6. The molecule has 0 bridgehead atoms. The third kappa shape index (κ3) is 3.74. The molecule has 3 aliphatic rings. The molecule has 3 heterocycles. The molecule has 2 saturated heterocycles. The maximum atomic E-state index is 12.5. The summed E-state index contributed by atoms with van der Waals surface area (Å²) in [4.78, 5) is 40.2. The Hall–Kier alpha value is -3.75. The molecule has 4 amide bonds. The molecular weight excluding hydrogens is 402 g/mol. The number of ether oxygens (including phenoxy) is 3. The molecule has 1 N–H and O–H groups in total. The molecule has 2 fully saturated rings. The van der Waals surface area contributed by atoms with Gasteiger partial charge in [-0.15, -0.1) is 0 Å². The standard InChI is InChI=1S/C22H21N3O6/c26-20(12-29-16-6-7-18-19(10-16)31-13-30-18)23-15-4-1-3-14(9-15)11-25-21(27)17-5-2-8-24(17)22(25)28/h1,3-4,6-7,9-10,17H,2,5,8,11-13H2,(H,23,26). The Labute approximate surface area is 178 Å². The first-order chi connectivity index (χ1) is 15.1. The molecule has 160 valence electrons. The SMILES string of the molecule is O=C(COc1ccc2c(c1)OCO2)Nc1cccc(CN2C(=O)C3CCCN3C2=O)c1. The quantitative estimate of drug-likeness (QED) is 0.717. The van der Waals surface area contributed by atoms with Crippen molar-refractivity contribution in [2.45, 2.75) is 25.4 Å². The van der Waals surface area contributed by atoms with Crippen molar-refractivity contribution in [1.29, 1.82) is 0 Å². The van der Waals surface area contributed by atoms with Crippen LogP contribution in [0.5, 0.6) is 17.2 Å². The highest BCUT2D eigenvalue weighted by Crippen LogP contribution is 2.35. The molecular formula is C22H21N3O6. The summed E-state index contributed by atoms with van der Waals surface area (Å²) in [6.45, 7) is 0.805. The average Bonchev–Trinajstić information content (AvgIpc) is 3.48. The van der Waals surface area contributed by atoms with Crippen LogP contribution in [0.25, 0.3) is 0 Å². The van der Waals surface area contributed by atoms with Crippen molar-refractivity contribution in [1.82, 2.24) is 9.80 Å². The zero-order chi connectivity index (χ0) is 21.4. The molecule has 9 heteroatoms. The number of nitrogens with zero attached hydrogens (tertiary/aromatic N) is 2. The van der Waals surface area contributed by atoms with E-state index < -0.39 is 0 Å². The van der Waals surface area contributed by atoms with Gasteiger partial charge in [0.25, 0.3) is 11.8 Å². The summed E-state index contributed by atoms with van der Waals surface area (Å²) in [6, 6.07) is 11.6. The first kappa shape index (κ1) is 19.2. The highest BCUT2D eigenvalue weighted by atomic mass is 16.7. The van der Waals surface area contributed by atoms with Gasteiger partial charge in [-0.05, 0) is 42.7 Å². The Balaban J connectivity index is 1.18. The van der Waals surface area contributed by atoms with E-state index in [4.69, 9.17) is 14.2 Å². The number of amides is 4. The maximum Gasteiger partial charge on any atom is 0.327 e. The summed E-state index contributed by atoms with van der Waals surface area (Å²) in [5.74, 6) is 1.25. The first-order valence-electron chi connectivity index (χ1n) is 10.1. The second-order valence-corrected chi connectivity index (χ2v) is 7.61. The van der Waals surface area contributed by atoms with E-state index in [1.165, 1.54) is 4.90 Å². The molecule has 3 aliphatic heterocycles. The van der Waals surface area contributed by atoms with E-state index in [0.717, 1.165) is 18.4 Å². The normalized spacial score (nSPS) is 19.0. The van der Waals surface area contributed by atoms with Crippen LogP contribution >= 0.6 is 0 Å². The number of hydrogen-bond donors (Lipinski definition) is 1. The van der Waals surface area contributed by atoms with Crippen LogP contribution in [0.15, 0.2) is 42.5 Å². The van der Waals surface area contributed by atoms with Crippen LogP contribution < -0.4 is 19.5 Å². The predicted octanol–water partition coefficient (Wildman–Crippen LogP) is 2.36. The molecule has 9 nitrogen and oxygen atoms in total. The molecule has 0 saturated carbocycles. The lowest BCUT2D eigenvalue weighted by molar-refractivity contribution is -0.128. The summed E-state index contributed by atoms with van der Waals surface area (Å²) in [6.07, 6.45) is 1.59. The lowest BCUT2D eigenvalue weighted by Gasteiger charge is -2.16. The van der Waals surface area contributed by atoms with Gasteiger partial charge in [0.05, 0.1) is 6.54 Å². The van der Waals surface area contributed by atoms with E-state index in [1.807, 2.05) is 6.07 Å². The Morgan fingerprint density at radius 2 is 2.00 bits per heavy atom. The van der Waals surface area contributed by atoms with Crippen LogP contribution in [-0.4, -0.2) is 53.6 Å². The minimum atomic E-state index is -0.330. The minimum absolute atomic E-state index is 0.144. The zero-order valence-electron chi connectivity index (χ0n) is 16.7. The first-order valence-corrected chi connectivity index (χ1v) is 10.1. The zero-order valence-corrected chi connectivity index (χ0v) is 16.7. The van der Waals surface area contributed by atoms with Gasteiger partial charge in [0.15, 0.2) is 18.1 Å². The maximum absolute atomic E-state index is 12.5. The fourth-order valence-corrected chi connectivity index (χ4v) is 4.07. The van der Waals surface area contributed by atoms with E-state index in [2.05, 4.69) is 5.32 Å². The predicted molar refractivity (Wildman–Crippen MR) is 109 cm³/mol. The third-order valence-corrected chi connectivity index (χ3v) is 5.55. The Morgan fingerprint density at radius 1 is 1.13 bits per heavy atom. The van der Waals surface area contributed by atoms with Gasteiger partial charge < -0.3 is 24.4 Å². The Morgan fingerprint density at radius 3 is 2.87 bits per heavy atom.